The van der Waals surface area contributed by atoms with Crippen molar-refractivity contribution in [2.24, 2.45) is 0 Å². The molecule has 1 aromatic carbocycles. The number of nitrogens with zero attached hydrogens (tertiary/aromatic N) is 1. The van der Waals surface area contributed by atoms with Crippen LogP contribution in [0.4, 0.5) is 0 Å². The SMILES string of the molecule is CCCNCc1ccc(CN2CC(C)OC(C)C2)cc1OC. The second-order valence-corrected chi connectivity index (χ2v) is 6.27. The summed E-state index contributed by atoms with van der Waals surface area (Å²) in [5, 5.41) is 3.43. The highest BCUT2D eigenvalue weighted by atomic mass is 16.5. The minimum atomic E-state index is 0.308. The predicted molar refractivity (Wildman–Crippen MR) is 90.3 cm³/mol. The molecule has 2 unspecified atom stereocenters. The van der Waals surface area contributed by atoms with Gasteiger partial charge < -0.3 is 14.8 Å². The quantitative estimate of drug-likeness (QED) is 0.786. The van der Waals surface area contributed by atoms with Crippen LogP contribution in [0, 0.1) is 0 Å². The maximum Gasteiger partial charge on any atom is 0.123 e. The van der Waals surface area contributed by atoms with Gasteiger partial charge in [0.15, 0.2) is 0 Å². The van der Waals surface area contributed by atoms with Crippen molar-refractivity contribution in [1.29, 1.82) is 0 Å². The van der Waals surface area contributed by atoms with Crippen molar-refractivity contribution < 1.29 is 9.47 Å². The molecule has 0 saturated carbocycles. The van der Waals surface area contributed by atoms with E-state index in [0.29, 0.717) is 12.2 Å². The average Bonchev–Trinajstić information content (AvgIpc) is 2.47. The van der Waals surface area contributed by atoms with E-state index >= 15 is 0 Å². The van der Waals surface area contributed by atoms with Crippen LogP contribution in [0.3, 0.4) is 0 Å². The van der Waals surface area contributed by atoms with Crippen LogP contribution in [0.25, 0.3) is 0 Å². The Hall–Kier alpha value is -1.10. The molecule has 1 N–H and O–H groups in total. The standard InChI is InChI=1S/C18H30N2O2/c1-5-8-19-10-17-7-6-16(9-18(17)21-4)13-20-11-14(2)22-15(3)12-20/h6-7,9,14-15,19H,5,8,10-13H2,1-4H3. The van der Waals surface area contributed by atoms with Gasteiger partial charge >= 0.3 is 0 Å². The Morgan fingerprint density at radius 3 is 2.64 bits per heavy atom. The first-order chi connectivity index (χ1) is 10.6. The van der Waals surface area contributed by atoms with E-state index in [9.17, 15) is 0 Å². The first-order valence-electron chi connectivity index (χ1n) is 8.36. The molecule has 4 nitrogen and oxygen atoms in total. The molecule has 22 heavy (non-hydrogen) atoms. The summed E-state index contributed by atoms with van der Waals surface area (Å²) in [6, 6.07) is 6.58. The highest BCUT2D eigenvalue weighted by molar-refractivity contribution is 5.37. The van der Waals surface area contributed by atoms with E-state index < -0.39 is 0 Å². The molecule has 1 fully saturated rings. The van der Waals surface area contributed by atoms with Crippen molar-refractivity contribution in [3.8, 4) is 5.75 Å². The maximum absolute atomic E-state index is 5.80. The Morgan fingerprint density at radius 1 is 1.27 bits per heavy atom. The summed E-state index contributed by atoms with van der Waals surface area (Å²) in [4.78, 5) is 2.46. The molecule has 1 saturated heterocycles. The Labute approximate surface area is 134 Å². The highest BCUT2D eigenvalue weighted by Gasteiger charge is 2.22. The summed E-state index contributed by atoms with van der Waals surface area (Å²) in [5.74, 6) is 0.982. The molecule has 0 spiro atoms. The van der Waals surface area contributed by atoms with Crippen LogP contribution in [-0.2, 0) is 17.8 Å². The molecule has 0 radical (unpaired) electrons. The molecule has 2 rings (SSSR count). The van der Waals surface area contributed by atoms with Crippen molar-refractivity contribution in [1.82, 2.24) is 10.2 Å². The zero-order valence-corrected chi connectivity index (χ0v) is 14.4. The van der Waals surface area contributed by atoms with Gasteiger partial charge in [-0.05, 0) is 38.4 Å². The largest absolute Gasteiger partial charge is 0.496 e. The van der Waals surface area contributed by atoms with Gasteiger partial charge in [-0.25, -0.2) is 0 Å². The number of benzene rings is 1. The molecule has 1 aliphatic rings. The smallest absolute Gasteiger partial charge is 0.123 e. The second kappa shape index (κ2) is 8.51. The van der Waals surface area contributed by atoms with E-state index in [0.717, 1.165) is 44.9 Å². The van der Waals surface area contributed by atoms with E-state index in [1.54, 1.807) is 7.11 Å². The fraction of sp³-hybridized carbons (Fsp3) is 0.667. The van der Waals surface area contributed by atoms with Crippen LogP contribution in [0.15, 0.2) is 18.2 Å². The van der Waals surface area contributed by atoms with Crippen LogP contribution >= 0.6 is 0 Å². The topological polar surface area (TPSA) is 33.7 Å². The van der Waals surface area contributed by atoms with Crippen molar-refractivity contribution in [3.63, 3.8) is 0 Å². The summed E-state index contributed by atoms with van der Waals surface area (Å²) in [7, 11) is 1.75. The van der Waals surface area contributed by atoms with Crippen molar-refractivity contribution in [3.05, 3.63) is 29.3 Å². The van der Waals surface area contributed by atoms with Crippen LogP contribution in [-0.4, -0.2) is 43.9 Å². The number of nitrogens with one attached hydrogen (secondary N) is 1. The van der Waals surface area contributed by atoms with E-state index in [1.165, 1.54) is 11.1 Å². The molecule has 1 aliphatic heterocycles. The van der Waals surface area contributed by atoms with Gasteiger partial charge in [-0.15, -0.1) is 0 Å². The van der Waals surface area contributed by atoms with E-state index in [2.05, 4.69) is 49.2 Å². The van der Waals surface area contributed by atoms with Crippen LogP contribution < -0.4 is 10.1 Å². The lowest BCUT2D eigenvalue weighted by atomic mass is 10.1. The predicted octanol–water partition coefficient (Wildman–Crippen LogP) is 2.80. The summed E-state index contributed by atoms with van der Waals surface area (Å²) in [6.45, 7) is 11.3. The van der Waals surface area contributed by atoms with Crippen molar-refractivity contribution in [2.45, 2.75) is 52.5 Å². The lowest BCUT2D eigenvalue weighted by molar-refractivity contribution is -0.0704. The Kier molecular flexibility index (Phi) is 6.68. The first-order valence-corrected chi connectivity index (χ1v) is 8.36. The van der Waals surface area contributed by atoms with Crippen molar-refractivity contribution in [2.75, 3.05) is 26.7 Å². The molecular weight excluding hydrogens is 276 g/mol. The molecule has 2 atom stereocenters. The molecule has 0 aromatic heterocycles. The average molecular weight is 306 g/mol. The van der Waals surface area contributed by atoms with Crippen LogP contribution in [0.1, 0.15) is 38.3 Å². The van der Waals surface area contributed by atoms with E-state index in [-0.39, 0.29) is 0 Å². The van der Waals surface area contributed by atoms with Gasteiger partial charge in [0.2, 0.25) is 0 Å². The molecule has 4 heteroatoms. The maximum atomic E-state index is 5.80. The monoisotopic (exact) mass is 306 g/mol. The lowest BCUT2D eigenvalue weighted by Gasteiger charge is -2.35. The summed E-state index contributed by atoms with van der Waals surface area (Å²) < 4.78 is 11.4. The molecule has 124 valence electrons. The molecule has 0 bridgehead atoms. The number of hydrogen-bond acceptors (Lipinski definition) is 4. The van der Waals surface area contributed by atoms with Gasteiger partial charge in [0.1, 0.15) is 5.75 Å². The minimum absolute atomic E-state index is 0.308. The molecular formula is C18H30N2O2. The third-order valence-corrected chi connectivity index (χ3v) is 4.00. The van der Waals surface area contributed by atoms with Gasteiger partial charge in [-0.3, -0.25) is 4.90 Å². The Bertz CT molecular complexity index is 454. The van der Waals surface area contributed by atoms with Crippen LogP contribution in [0.5, 0.6) is 5.75 Å². The third kappa shape index (κ3) is 4.97. The van der Waals surface area contributed by atoms with Gasteiger partial charge in [0.25, 0.3) is 0 Å². The minimum Gasteiger partial charge on any atom is -0.496 e. The Balaban J connectivity index is 1.99. The van der Waals surface area contributed by atoms with Gasteiger partial charge in [-0.2, -0.15) is 0 Å². The van der Waals surface area contributed by atoms with Crippen LogP contribution in [0.2, 0.25) is 0 Å². The number of ether oxygens (including phenoxy) is 2. The second-order valence-electron chi connectivity index (χ2n) is 6.27. The molecule has 0 amide bonds. The van der Waals surface area contributed by atoms with E-state index in [4.69, 9.17) is 9.47 Å². The fourth-order valence-corrected chi connectivity index (χ4v) is 3.10. The molecule has 1 heterocycles. The van der Waals surface area contributed by atoms with Gasteiger partial charge in [-0.1, -0.05) is 19.1 Å². The normalized spacial score (nSPS) is 22.7. The third-order valence-electron chi connectivity index (χ3n) is 4.00. The molecule has 0 aliphatic carbocycles. The number of methoxy groups -OCH3 is 1. The Morgan fingerprint density at radius 2 is 2.00 bits per heavy atom. The zero-order valence-electron chi connectivity index (χ0n) is 14.4. The summed E-state index contributed by atoms with van der Waals surface area (Å²) in [5.41, 5.74) is 2.53. The van der Waals surface area contributed by atoms with Crippen molar-refractivity contribution >= 4 is 0 Å². The van der Waals surface area contributed by atoms with E-state index in [1.807, 2.05) is 0 Å². The lowest BCUT2D eigenvalue weighted by Crippen LogP contribution is -2.44. The number of hydrogen-bond donors (Lipinski definition) is 1. The number of rotatable bonds is 7. The zero-order chi connectivity index (χ0) is 15.9. The van der Waals surface area contributed by atoms with Gasteiger partial charge in [0, 0.05) is 31.7 Å². The fourth-order valence-electron chi connectivity index (χ4n) is 3.10. The molecule has 1 aromatic rings. The highest BCUT2D eigenvalue weighted by Crippen LogP contribution is 2.22. The summed E-state index contributed by atoms with van der Waals surface area (Å²) in [6.07, 6.45) is 1.76. The van der Waals surface area contributed by atoms with Gasteiger partial charge in [0.05, 0.1) is 19.3 Å². The summed E-state index contributed by atoms with van der Waals surface area (Å²) >= 11 is 0. The first kappa shape index (κ1) is 17.3. The number of morpholine rings is 1.